The number of carbonyl (C=O) groups excluding carboxylic acids is 1. The van der Waals surface area contributed by atoms with Gasteiger partial charge >= 0.3 is 6.03 Å². The minimum atomic E-state index is -0.371. The number of nitrogens with one attached hydrogen (secondary N) is 2. The quantitative estimate of drug-likeness (QED) is 0.766. The molecular weight excluding hydrogens is 292 g/mol. The molecule has 2 heterocycles. The van der Waals surface area contributed by atoms with Crippen LogP contribution in [0.1, 0.15) is 0 Å². The predicted molar refractivity (Wildman–Crippen MR) is 87.6 cm³/mol. The number of benzene rings is 1. The van der Waals surface area contributed by atoms with Crippen molar-refractivity contribution < 1.29 is 9.53 Å². The Morgan fingerprint density at radius 3 is 2.52 bits per heavy atom. The maximum absolute atomic E-state index is 11.9. The van der Waals surface area contributed by atoms with Gasteiger partial charge in [0, 0.05) is 30.3 Å². The second-order valence-corrected chi connectivity index (χ2v) is 4.61. The number of carbonyl (C=O) groups is 1. The molecule has 3 rings (SSSR count). The summed E-state index contributed by atoms with van der Waals surface area (Å²) in [6.07, 6.45) is 4.91. The first-order chi connectivity index (χ1) is 11.3. The zero-order chi connectivity index (χ0) is 15.9. The molecule has 0 atom stereocenters. The zero-order valence-corrected chi connectivity index (χ0v) is 12.1. The number of aromatic nitrogens is 2. The van der Waals surface area contributed by atoms with Gasteiger partial charge < -0.3 is 10.1 Å². The SMILES string of the molecule is O=C(Nc1cccc(Oc2ccncc2)c1)Nc1ccccn1. The first-order valence-corrected chi connectivity index (χ1v) is 6.96. The van der Waals surface area contributed by atoms with E-state index in [2.05, 4.69) is 20.6 Å². The highest BCUT2D eigenvalue weighted by atomic mass is 16.5. The van der Waals surface area contributed by atoms with Crippen molar-refractivity contribution in [3.8, 4) is 11.5 Å². The van der Waals surface area contributed by atoms with Gasteiger partial charge in [-0.15, -0.1) is 0 Å². The van der Waals surface area contributed by atoms with Crippen LogP contribution in [0.4, 0.5) is 16.3 Å². The summed E-state index contributed by atoms with van der Waals surface area (Å²) in [7, 11) is 0. The molecule has 0 bridgehead atoms. The molecule has 6 nitrogen and oxygen atoms in total. The number of urea groups is 1. The molecule has 0 spiro atoms. The Morgan fingerprint density at radius 1 is 0.870 bits per heavy atom. The molecular formula is C17H14N4O2. The number of anilines is 2. The van der Waals surface area contributed by atoms with Crippen molar-refractivity contribution in [3.05, 3.63) is 73.2 Å². The normalized spacial score (nSPS) is 9.91. The Bertz CT molecular complexity index is 779. The van der Waals surface area contributed by atoms with E-state index < -0.39 is 0 Å². The average Bonchev–Trinajstić information content (AvgIpc) is 2.57. The molecule has 0 radical (unpaired) electrons. The summed E-state index contributed by atoms with van der Waals surface area (Å²) >= 11 is 0. The second kappa shape index (κ2) is 7.04. The first kappa shape index (κ1) is 14.5. The lowest BCUT2D eigenvalue weighted by Gasteiger charge is -2.09. The Kier molecular flexibility index (Phi) is 4.44. The molecule has 6 heteroatoms. The molecule has 1 aromatic carbocycles. The highest BCUT2D eigenvalue weighted by Gasteiger charge is 2.04. The van der Waals surface area contributed by atoms with Crippen molar-refractivity contribution in [1.82, 2.24) is 9.97 Å². The van der Waals surface area contributed by atoms with Crippen LogP contribution in [0.25, 0.3) is 0 Å². The van der Waals surface area contributed by atoms with Gasteiger partial charge in [-0.05, 0) is 36.4 Å². The van der Waals surface area contributed by atoms with Gasteiger partial charge in [-0.25, -0.2) is 9.78 Å². The number of hydrogen-bond acceptors (Lipinski definition) is 4. The number of rotatable bonds is 4. The molecule has 0 saturated carbocycles. The fourth-order valence-electron chi connectivity index (χ4n) is 1.90. The summed E-state index contributed by atoms with van der Waals surface area (Å²) in [6, 6.07) is 15.6. The highest BCUT2D eigenvalue weighted by Crippen LogP contribution is 2.23. The Labute approximate surface area is 133 Å². The molecule has 2 N–H and O–H groups in total. The predicted octanol–water partition coefficient (Wildman–Crippen LogP) is 3.91. The van der Waals surface area contributed by atoms with Crippen LogP contribution in [0, 0.1) is 0 Å². The Balaban J connectivity index is 1.64. The molecule has 2 amide bonds. The van der Waals surface area contributed by atoms with E-state index in [4.69, 9.17) is 4.74 Å². The van der Waals surface area contributed by atoms with E-state index in [1.54, 1.807) is 67.1 Å². The van der Waals surface area contributed by atoms with E-state index in [1.165, 1.54) is 0 Å². The maximum atomic E-state index is 11.9. The third-order valence-corrected chi connectivity index (χ3v) is 2.88. The number of nitrogens with zero attached hydrogens (tertiary/aromatic N) is 2. The maximum Gasteiger partial charge on any atom is 0.324 e. The molecule has 0 unspecified atom stereocenters. The zero-order valence-electron chi connectivity index (χ0n) is 12.1. The van der Waals surface area contributed by atoms with Gasteiger partial charge in [-0.2, -0.15) is 0 Å². The van der Waals surface area contributed by atoms with Crippen LogP contribution in [0.15, 0.2) is 73.2 Å². The van der Waals surface area contributed by atoms with Crippen LogP contribution in [0.5, 0.6) is 11.5 Å². The van der Waals surface area contributed by atoms with Gasteiger partial charge in [0.1, 0.15) is 17.3 Å². The van der Waals surface area contributed by atoms with Crippen LogP contribution < -0.4 is 15.4 Å². The molecule has 0 aliphatic carbocycles. The lowest BCUT2D eigenvalue weighted by Crippen LogP contribution is -2.19. The minimum Gasteiger partial charge on any atom is -0.457 e. The van der Waals surface area contributed by atoms with E-state index in [0.29, 0.717) is 23.0 Å². The van der Waals surface area contributed by atoms with E-state index in [0.717, 1.165) is 0 Å². The third-order valence-electron chi connectivity index (χ3n) is 2.88. The molecule has 3 aromatic rings. The van der Waals surface area contributed by atoms with Gasteiger partial charge in [0.25, 0.3) is 0 Å². The first-order valence-electron chi connectivity index (χ1n) is 6.96. The summed E-state index contributed by atoms with van der Waals surface area (Å²) in [5.41, 5.74) is 0.616. The minimum absolute atomic E-state index is 0.371. The largest absolute Gasteiger partial charge is 0.457 e. The van der Waals surface area contributed by atoms with Crippen molar-refractivity contribution >= 4 is 17.5 Å². The highest BCUT2D eigenvalue weighted by molar-refractivity contribution is 5.99. The monoisotopic (exact) mass is 306 g/mol. The Hall–Kier alpha value is -3.41. The van der Waals surface area contributed by atoms with Crippen LogP contribution >= 0.6 is 0 Å². The number of hydrogen-bond donors (Lipinski definition) is 2. The molecule has 0 saturated heterocycles. The van der Waals surface area contributed by atoms with Crippen molar-refractivity contribution in [3.63, 3.8) is 0 Å². The molecule has 2 aromatic heterocycles. The fraction of sp³-hybridized carbons (Fsp3) is 0. The van der Waals surface area contributed by atoms with Crippen LogP contribution in [0.2, 0.25) is 0 Å². The van der Waals surface area contributed by atoms with Crippen LogP contribution in [-0.4, -0.2) is 16.0 Å². The van der Waals surface area contributed by atoms with E-state index in [9.17, 15) is 4.79 Å². The third kappa shape index (κ3) is 4.28. The van der Waals surface area contributed by atoms with Gasteiger partial charge in [-0.1, -0.05) is 12.1 Å². The molecule has 114 valence electrons. The Morgan fingerprint density at radius 2 is 1.74 bits per heavy atom. The molecule has 0 aliphatic heterocycles. The van der Waals surface area contributed by atoms with Gasteiger partial charge in [-0.3, -0.25) is 10.3 Å². The van der Waals surface area contributed by atoms with Crippen molar-refractivity contribution in [2.75, 3.05) is 10.6 Å². The van der Waals surface area contributed by atoms with Crippen LogP contribution in [-0.2, 0) is 0 Å². The fourth-order valence-corrected chi connectivity index (χ4v) is 1.90. The molecule has 23 heavy (non-hydrogen) atoms. The van der Waals surface area contributed by atoms with Crippen molar-refractivity contribution in [2.24, 2.45) is 0 Å². The van der Waals surface area contributed by atoms with E-state index in [-0.39, 0.29) is 6.03 Å². The number of ether oxygens (including phenoxy) is 1. The van der Waals surface area contributed by atoms with Crippen LogP contribution in [0.3, 0.4) is 0 Å². The number of pyridine rings is 2. The summed E-state index contributed by atoms with van der Waals surface area (Å²) in [6.45, 7) is 0. The van der Waals surface area contributed by atoms with Crippen molar-refractivity contribution in [2.45, 2.75) is 0 Å². The average molecular weight is 306 g/mol. The standard InChI is InChI=1S/C17H14N4O2/c22-17(21-16-6-1-2-9-19-16)20-13-4-3-5-15(12-13)23-14-7-10-18-11-8-14/h1-12H,(H2,19,20,21,22). The summed E-state index contributed by atoms with van der Waals surface area (Å²) in [4.78, 5) is 19.9. The lowest BCUT2D eigenvalue weighted by atomic mass is 10.3. The summed E-state index contributed by atoms with van der Waals surface area (Å²) in [5, 5.41) is 5.38. The van der Waals surface area contributed by atoms with Crippen molar-refractivity contribution in [1.29, 1.82) is 0 Å². The van der Waals surface area contributed by atoms with E-state index in [1.807, 2.05) is 6.07 Å². The van der Waals surface area contributed by atoms with Gasteiger partial charge in [0.2, 0.25) is 0 Å². The van der Waals surface area contributed by atoms with Gasteiger partial charge in [0.15, 0.2) is 0 Å². The number of amides is 2. The lowest BCUT2D eigenvalue weighted by molar-refractivity contribution is 0.262. The van der Waals surface area contributed by atoms with E-state index >= 15 is 0 Å². The summed E-state index contributed by atoms with van der Waals surface area (Å²) in [5.74, 6) is 1.77. The second-order valence-electron chi connectivity index (χ2n) is 4.61. The topological polar surface area (TPSA) is 76.1 Å². The smallest absolute Gasteiger partial charge is 0.324 e. The molecule has 0 fully saturated rings. The van der Waals surface area contributed by atoms with Gasteiger partial charge in [0.05, 0.1) is 0 Å². The summed E-state index contributed by atoms with van der Waals surface area (Å²) < 4.78 is 5.69. The molecule has 0 aliphatic rings.